The van der Waals surface area contributed by atoms with E-state index >= 15 is 0 Å². The maximum Gasteiger partial charge on any atom is 0.336 e. The van der Waals surface area contributed by atoms with E-state index < -0.39 is 5.97 Å². The number of rotatable bonds is 26. The molecule has 0 fully saturated rings. The first kappa shape index (κ1) is 42.5. The van der Waals surface area contributed by atoms with Crippen LogP contribution in [0, 0.1) is 0 Å². The number of esters is 1. The third-order valence-corrected chi connectivity index (χ3v) is 9.95. The normalized spacial score (nSPS) is 11.3. The molecule has 0 saturated carbocycles. The van der Waals surface area contributed by atoms with Gasteiger partial charge < -0.3 is 29.4 Å². The Morgan fingerprint density at radius 3 is 2.04 bits per heavy atom. The minimum absolute atomic E-state index is 0.0177. The summed E-state index contributed by atoms with van der Waals surface area (Å²) < 4.78 is 16.9. The zero-order valence-corrected chi connectivity index (χ0v) is 32.6. The first-order valence-corrected chi connectivity index (χ1v) is 20.3. The number of carboxylic acids is 1. The van der Waals surface area contributed by atoms with Crippen LogP contribution in [0.15, 0.2) is 63.8 Å². The molecule has 1 aliphatic heterocycles. The molecule has 0 bridgehead atoms. The molecule has 0 atom stereocenters. The van der Waals surface area contributed by atoms with E-state index in [0.717, 1.165) is 12.8 Å². The molecule has 2 aromatic rings. The Hall–Kier alpha value is -4.28. The number of hydrogen-bond donors (Lipinski definition) is 3. The van der Waals surface area contributed by atoms with Crippen molar-refractivity contribution in [3.8, 4) is 28.2 Å². The number of anilines is 1. The molecule has 0 spiro atoms. The van der Waals surface area contributed by atoms with Gasteiger partial charge in [-0.2, -0.15) is 0 Å². The van der Waals surface area contributed by atoms with Crippen molar-refractivity contribution in [2.24, 2.45) is 0 Å². The Bertz CT molecular complexity index is 1820. The molecule has 2 aliphatic rings. The van der Waals surface area contributed by atoms with Crippen molar-refractivity contribution < 1.29 is 33.7 Å². The second-order valence-corrected chi connectivity index (χ2v) is 14.6. The summed E-state index contributed by atoms with van der Waals surface area (Å²) in [7, 11) is 0. The van der Waals surface area contributed by atoms with Gasteiger partial charge in [0, 0.05) is 53.8 Å². The lowest BCUT2D eigenvalue weighted by Crippen LogP contribution is -2.13. The van der Waals surface area contributed by atoms with Crippen LogP contribution in [0.5, 0.6) is 5.75 Å². The smallest absolute Gasteiger partial charge is 0.336 e. The lowest BCUT2D eigenvalue weighted by atomic mass is 9.90. The zero-order valence-electron chi connectivity index (χ0n) is 31.8. The van der Waals surface area contributed by atoms with Crippen LogP contribution in [-0.4, -0.2) is 47.0 Å². The van der Waals surface area contributed by atoms with Crippen LogP contribution in [0.25, 0.3) is 33.4 Å². The fraction of sp³-hybridized carbons (Fsp3) is 0.500. The summed E-state index contributed by atoms with van der Waals surface area (Å²) in [6, 6.07) is 13.9. The molecule has 4 rings (SSSR count). The van der Waals surface area contributed by atoms with Crippen LogP contribution in [0.3, 0.4) is 0 Å². The Morgan fingerprint density at radius 1 is 0.722 bits per heavy atom. The fourth-order valence-corrected chi connectivity index (χ4v) is 7.02. The van der Waals surface area contributed by atoms with Crippen molar-refractivity contribution in [3.63, 3.8) is 0 Å². The van der Waals surface area contributed by atoms with Crippen LogP contribution in [0.1, 0.15) is 133 Å². The molecule has 3 N–H and O–H groups in total. The van der Waals surface area contributed by atoms with Crippen molar-refractivity contribution in [2.75, 3.05) is 25.1 Å². The van der Waals surface area contributed by atoms with Gasteiger partial charge in [0.2, 0.25) is 0 Å². The highest BCUT2D eigenvalue weighted by molar-refractivity contribution is 7.80. The minimum atomic E-state index is -1.13. The van der Waals surface area contributed by atoms with Gasteiger partial charge in [0.1, 0.15) is 23.7 Å². The monoisotopic (exact) mass is 759 g/mol. The number of carbonyl (C=O) groups is 2. The Morgan fingerprint density at radius 2 is 1.37 bits per heavy atom. The lowest BCUT2D eigenvalue weighted by molar-refractivity contribution is -0.145. The first-order valence-electron chi connectivity index (χ1n) is 19.9. The highest BCUT2D eigenvalue weighted by atomic mass is 32.1. The molecular formula is C44H57NO8S. The predicted octanol–water partition coefficient (Wildman–Crippen LogP) is 11.3. The second-order valence-electron chi connectivity index (χ2n) is 14.1. The summed E-state index contributed by atoms with van der Waals surface area (Å²) in [6.45, 7) is 3.25. The lowest BCUT2D eigenvalue weighted by Gasteiger charge is -2.17. The Balaban J connectivity index is 1.09. The number of fused-ring (bicyclic) bond motifs is 2. The number of phenolic OH excluding ortho intramolecular Hbond substituents is 1. The SMILES string of the molecule is CCCCCCCCCCCCCCCCCC(=O)OCCOCCCC(=S)Nc1ccc(-c2c3ccc(=O)cc-3oc3cc(O)ccc23)c(C(=O)O)c1. The van der Waals surface area contributed by atoms with Crippen LogP contribution in [0.2, 0.25) is 0 Å². The fourth-order valence-electron chi connectivity index (χ4n) is 6.75. The molecule has 2 aromatic carbocycles. The minimum Gasteiger partial charge on any atom is -0.508 e. The number of unbranched alkanes of at least 4 members (excludes halogenated alkanes) is 14. The van der Waals surface area contributed by atoms with E-state index in [1.165, 1.54) is 114 Å². The van der Waals surface area contributed by atoms with Crippen LogP contribution < -0.4 is 10.7 Å². The number of aromatic hydroxyl groups is 1. The predicted molar refractivity (Wildman–Crippen MR) is 220 cm³/mol. The van der Waals surface area contributed by atoms with Crippen molar-refractivity contribution in [1.82, 2.24) is 0 Å². The summed E-state index contributed by atoms with van der Waals surface area (Å²) in [6.07, 6.45) is 21.0. The van der Waals surface area contributed by atoms with Crippen LogP contribution >= 0.6 is 12.2 Å². The average molecular weight is 760 g/mol. The number of thiocarbonyl (C=S) groups is 1. The number of ether oxygens (including phenoxy) is 2. The number of carboxylic acid groups (broad SMARTS) is 1. The molecule has 0 radical (unpaired) electrons. The van der Waals surface area contributed by atoms with Gasteiger partial charge in [-0.25, -0.2) is 4.79 Å². The topological polar surface area (TPSA) is 135 Å². The molecule has 1 aliphatic carbocycles. The third-order valence-electron chi connectivity index (χ3n) is 9.65. The van der Waals surface area contributed by atoms with Gasteiger partial charge in [-0.3, -0.25) is 9.59 Å². The van der Waals surface area contributed by atoms with E-state index in [2.05, 4.69) is 12.2 Å². The number of benzene rings is 3. The summed E-state index contributed by atoms with van der Waals surface area (Å²) in [5.41, 5.74) is 2.20. The van der Waals surface area contributed by atoms with Gasteiger partial charge in [-0.15, -0.1) is 0 Å². The molecular weight excluding hydrogens is 703 g/mol. The molecule has 10 heteroatoms. The maximum atomic E-state index is 12.5. The highest BCUT2D eigenvalue weighted by Gasteiger charge is 2.22. The van der Waals surface area contributed by atoms with E-state index in [9.17, 15) is 24.6 Å². The molecule has 9 nitrogen and oxygen atoms in total. The molecule has 0 amide bonds. The largest absolute Gasteiger partial charge is 0.508 e. The zero-order chi connectivity index (χ0) is 38.5. The Labute approximate surface area is 324 Å². The number of carbonyl (C=O) groups excluding carboxylic acids is 1. The number of aromatic carboxylic acids is 1. The standard InChI is InChI=1S/C44H57NO8S/c1-2-3-4-5-6-7-8-9-10-11-12-13-14-15-16-19-42(48)52-28-27-51-26-17-18-41(54)45-32-20-23-35(38(29-32)44(49)50)43-36-24-21-33(46)30-39(36)53-40-31-34(47)22-25-37(40)43/h20-25,29-31,46H,2-19,26-28H2,1H3,(H,45,54)(H,49,50). The Kier molecular flexibility index (Phi) is 18.5. The van der Waals surface area contributed by atoms with Gasteiger partial charge in [0.15, 0.2) is 5.43 Å². The molecule has 292 valence electrons. The molecule has 0 unspecified atom stereocenters. The number of hydrogen-bond acceptors (Lipinski definition) is 8. The quantitative estimate of drug-likeness (QED) is 0.0246. The second kappa shape index (κ2) is 23.5. The summed E-state index contributed by atoms with van der Waals surface area (Å²) in [5, 5.41) is 24.0. The van der Waals surface area contributed by atoms with E-state index in [-0.39, 0.29) is 35.1 Å². The summed E-state index contributed by atoms with van der Waals surface area (Å²) in [4.78, 5) is 37.2. The molecule has 54 heavy (non-hydrogen) atoms. The third kappa shape index (κ3) is 14.2. The van der Waals surface area contributed by atoms with Crippen molar-refractivity contribution in [2.45, 2.75) is 122 Å². The average Bonchev–Trinajstić information content (AvgIpc) is 3.15. The highest BCUT2D eigenvalue weighted by Crippen LogP contribution is 2.42. The van der Waals surface area contributed by atoms with Gasteiger partial charge in [-0.05, 0) is 54.8 Å². The molecule has 0 aromatic heterocycles. The van der Waals surface area contributed by atoms with Crippen molar-refractivity contribution >= 4 is 45.8 Å². The van der Waals surface area contributed by atoms with Gasteiger partial charge in [0.05, 0.1) is 17.2 Å². The van der Waals surface area contributed by atoms with E-state index in [4.69, 9.17) is 26.1 Å². The van der Waals surface area contributed by atoms with Crippen LogP contribution in [-0.2, 0) is 14.3 Å². The van der Waals surface area contributed by atoms with Crippen molar-refractivity contribution in [1.29, 1.82) is 0 Å². The molecule has 1 heterocycles. The van der Waals surface area contributed by atoms with E-state index in [1.807, 2.05) is 0 Å². The van der Waals surface area contributed by atoms with Crippen LogP contribution in [0.4, 0.5) is 5.69 Å². The molecule has 0 saturated heterocycles. The van der Waals surface area contributed by atoms with E-state index in [0.29, 0.717) is 70.8 Å². The summed E-state index contributed by atoms with van der Waals surface area (Å²) in [5.74, 6) is -1.04. The van der Waals surface area contributed by atoms with Gasteiger partial charge in [-0.1, -0.05) is 115 Å². The summed E-state index contributed by atoms with van der Waals surface area (Å²) >= 11 is 5.52. The number of phenols is 1. The van der Waals surface area contributed by atoms with Crippen molar-refractivity contribution in [3.05, 3.63) is 70.4 Å². The first-order chi connectivity index (χ1) is 26.3. The maximum absolute atomic E-state index is 12.5. The number of nitrogens with one attached hydrogen (secondary N) is 1. The van der Waals surface area contributed by atoms with Gasteiger partial charge >= 0.3 is 11.9 Å². The van der Waals surface area contributed by atoms with E-state index in [1.54, 1.807) is 24.3 Å². The van der Waals surface area contributed by atoms with Gasteiger partial charge in [0.25, 0.3) is 0 Å².